The molecule has 4 heterocycles. The fourth-order valence-electron chi connectivity index (χ4n) is 3.01. The number of hydrogen-bond acceptors (Lipinski definition) is 10. The molecular formula is C19H19N7O3S. The maximum absolute atomic E-state index is 12.2. The quantitative estimate of drug-likeness (QED) is 0.363. The lowest BCUT2D eigenvalue weighted by molar-refractivity contribution is 0.0526. The molecule has 0 radical (unpaired) electrons. The fraction of sp³-hybridized carbons (Fsp3) is 0.263. The third-order valence-electron chi connectivity index (χ3n) is 4.37. The number of fused-ring (bicyclic) bond motifs is 1. The van der Waals surface area contributed by atoms with Crippen molar-refractivity contribution in [2.75, 3.05) is 12.3 Å². The van der Waals surface area contributed by atoms with Gasteiger partial charge >= 0.3 is 5.97 Å². The zero-order valence-corrected chi connectivity index (χ0v) is 17.4. The van der Waals surface area contributed by atoms with Crippen molar-refractivity contribution in [3.63, 3.8) is 0 Å². The number of thioether (sulfide) groups is 1. The molecule has 0 aliphatic rings. The highest BCUT2D eigenvalue weighted by atomic mass is 32.2. The van der Waals surface area contributed by atoms with E-state index in [1.54, 1.807) is 26.2 Å². The Bertz CT molecular complexity index is 1220. The Morgan fingerprint density at radius 3 is 2.90 bits per heavy atom. The van der Waals surface area contributed by atoms with Gasteiger partial charge in [-0.2, -0.15) is 4.98 Å². The summed E-state index contributed by atoms with van der Waals surface area (Å²) < 4.78 is 12.6. The number of aryl methyl sites for hydroxylation is 1. The van der Waals surface area contributed by atoms with Crippen molar-refractivity contribution < 1.29 is 13.9 Å². The first kappa shape index (κ1) is 19.8. The Balaban J connectivity index is 1.59. The Morgan fingerprint density at radius 2 is 2.17 bits per heavy atom. The van der Waals surface area contributed by atoms with E-state index in [1.807, 2.05) is 23.7 Å². The number of rotatable bonds is 6. The van der Waals surface area contributed by atoms with Gasteiger partial charge in [-0.1, -0.05) is 11.8 Å². The smallest absolute Gasteiger partial charge is 0.342 e. The lowest BCUT2D eigenvalue weighted by Gasteiger charge is -2.05. The lowest BCUT2D eigenvalue weighted by Crippen LogP contribution is -2.07. The predicted octanol–water partition coefficient (Wildman–Crippen LogP) is 2.77. The number of nitrogen functional groups attached to an aromatic ring is 1. The molecular weight excluding hydrogens is 406 g/mol. The number of anilines is 1. The Labute approximate surface area is 175 Å². The minimum atomic E-state index is -0.506. The van der Waals surface area contributed by atoms with Gasteiger partial charge in [-0.25, -0.2) is 9.78 Å². The van der Waals surface area contributed by atoms with Crippen LogP contribution >= 0.6 is 11.8 Å². The maximum Gasteiger partial charge on any atom is 0.342 e. The van der Waals surface area contributed by atoms with Crippen LogP contribution in [-0.4, -0.2) is 42.3 Å². The molecule has 0 saturated heterocycles. The van der Waals surface area contributed by atoms with Crippen LogP contribution in [0.25, 0.3) is 22.5 Å². The summed E-state index contributed by atoms with van der Waals surface area (Å²) in [5, 5.41) is 9.53. The van der Waals surface area contributed by atoms with Crippen LogP contribution in [-0.2, 0) is 17.5 Å². The van der Waals surface area contributed by atoms with Gasteiger partial charge in [-0.15, -0.1) is 10.2 Å². The summed E-state index contributed by atoms with van der Waals surface area (Å²) in [7, 11) is 1.88. The van der Waals surface area contributed by atoms with Gasteiger partial charge in [0.2, 0.25) is 5.71 Å². The molecule has 0 amide bonds. The molecule has 0 aliphatic heterocycles. The van der Waals surface area contributed by atoms with Crippen molar-refractivity contribution in [3.8, 4) is 11.4 Å². The van der Waals surface area contributed by atoms with Crippen LogP contribution in [0.15, 0.2) is 34.1 Å². The van der Waals surface area contributed by atoms with E-state index in [1.165, 1.54) is 11.8 Å². The molecule has 30 heavy (non-hydrogen) atoms. The maximum atomic E-state index is 12.2. The minimum Gasteiger partial charge on any atom is -0.462 e. The summed E-state index contributed by atoms with van der Waals surface area (Å²) in [5.41, 5.74) is 7.51. The summed E-state index contributed by atoms with van der Waals surface area (Å²) >= 11 is 1.41. The number of ether oxygens (including phenoxy) is 1. The number of carbonyl (C=O) groups excluding carboxylic acids is 1. The normalized spacial score (nSPS) is 11.2. The number of pyridine rings is 1. The number of hydrogen-bond donors (Lipinski definition) is 1. The van der Waals surface area contributed by atoms with Crippen molar-refractivity contribution in [3.05, 3.63) is 41.7 Å². The molecule has 4 aromatic heterocycles. The summed E-state index contributed by atoms with van der Waals surface area (Å²) in [4.78, 5) is 25.1. The zero-order chi connectivity index (χ0) is 21.3. The van der Waals surface area contributed by atoms with Crippen molar-refractivity contribution in [2.45, 2.75) is 24.8 Å². The van der Waals surface area contributed by atoms with Gasteiger partial charge in [-0.05, 0) is 26.0 Å². The van der Waals surface area contributed by atoms with Crippen LogP contribution < -0.4 is 5.73 Å². The molecule has 0 spiro atoms. The second-order valence-corrected chi connectivity index (χ2v) is 7.30. The molecule has 0 aromatic carbocycles. The van der Waals surface area contributed by atoms with Crippen LogP contribution in [0.3, 0.4) is 0 Å². The number of esters is 1. The van der Waals surface area contributed by atoms with Crippen molar-refractivity contribution >= 4 is 34.6 Å². The highest BCUT2D eigenvalue weighted by molar-refractivity contribution is 7.98. The topological polar surface area (TPSA) is 135 Å². The highest BCUT2D eigenvalue weighted by Gasteiger charge is 2.24. The number of nitrogens with two attached hydrogens (primary N) is 1. The van der Waals surface area contributed by atoms with Crippen LogP contribution in [0, 0.1) is 6.92 Å². The van der Waals surface area contributed by atoms with Crippen molar-refractivity contribution in [1.82, 2.24) is 29.7 Å². The molecule has 0 atom stereocenters. The van der Waals surface area contributed by atoms with E-state index < -0.39 is 5.97 Å². The predicted molar refractivity (Wildman–Crippen MR) is 111 cm³/mol. The highest BCUT2D eigenvalue weighted by Crippen LogP contribution is 2.30. The fourth-order valence-corrected chi connectivity index (χ4v) is 3.78. The molecule has 10 nitrogen and oxygen atoms in total. The zero-order valence-electron chi connectivity index (χ0n) is 16.6. The van der Waals surface area contributed by atoms with E-state index >= 15 is 0 Å². The van der Waals surface area contributed by atoms with E-state index in [-0.39, 0.29) is 23.7 Å². The number of furan rings is 1. The monoisotopic (exact) mass is 425 g/mol. The van der Waals surface area contributed by atoms with Gasteiger partial charge < -0.3 is 19.5 Å². The SMILES string of the molecule is CCOC(=O)c1c(C)oc2nc(CSc3nnc(-c4cccnc4)n3C)nc(N)c12. The Morgan fingerprint density at radius 1 is 1.33 bits per heavy atom. The summed E-state index contributed by atoms with van der Waals surface area (Å²) in [6, 6.07) is 3.77. The largest absolute Gasteiger partial charge is 0.462 e. The first-order valence-electron chi connectivity index (χ1n) is 9.14. The minimum absolute atomic E-state index is 0.171. The molecule has 0 unspecified atom stereocenters. The summed E-state index contributed by atoms with van der Waals surface area (Å²) in [6.45, 7) is 3.65. The van der Waals surface area contributed by atoms with E-state index in [2.05, 4.69) is 25.1 Å². The number of aromatic nitrogens is 6. The Kier molecular flexibility index (Phi) is 5.36. The first-order valence-corrected chi connectivity index (χ1v) is 10.1. The molecule has 4 aromatic rings. The van der Waals surface area contributed by atoms with Crippen LogP contribution in [0.4, 0.5) is 5.82 Å². The van der Waals surface area contributed by atoms with Crippen LogP contribution in [0.2, 0.25) is 0 Å². The van der Waals surface area contributed by atoms with Gasteiger partial charge in [0.05, 0.1) is 17.7 Å². The van der Waals surface area contributed by atoms with E-state index in [0.29, 0.717) is 33.7 Å². The van der Waals surface area contributed by atoms with Crippen LogP contribution in [0.1, 0.15) is 28.9 Å². The molecule has 0 bridgehead atoms. The standard InChI is InChI=1S/C19H19N7O3S/c1-4-28-18(27)13-10(2)29-17-14(13)15(20)22-12(23-17)9-30-19-25-24-16(26(19)3)11-6-5-7-21-8-11/h5-8H,4,9H2,1-3H3,(H2,20,22,23). The molecule has 0 aliphatic carbocycles. The van der Waals surface area contributed by atoms with E-state index in [0.717, 1.165) is 5.56 Å². The molecule has 0 fully saturated rings. The van der Waals surface area contributed by atoms with Gasteiger partial charge in [0, 0.05) is 25.0 Å². The summed E-state index contributed by atoms with van der Waals surface area (Å²) in [6.07, 6.45) is 3.44. The third kappa shape index (κ3) is 3.59. The first-order chi connectivity index (χ1) is 14.5. The average Bonchev–Trinajstić information content (AvgIpc) is 3.26. The lowest BCUT2D eigenvalue weighted by atomic mass is 10.2. The van der Waals surface area contributed by atoms with Gasteiger partial charge in [-0.3, -0.25) is 4.98 Å². The van der Waals surface area contributed by atoms with E-state index in [4.69, 9.17) is 14.9 Å². The van der Waals surface area contributed by atoms with Gasteiger partial charge in [0.25, 0.3) is 0 Å². The number of carbonyl (C=O) groups is 1. The van der Waals surface area contributed by atoms with Crippen molar-refractivity contribution in [1.29, 1.82) is 0 Å². The van der Waals surface area contributed by atoms with Crippen LogP contribution in [0.5, 0.6) is 0 Å². The van der Waals surface area contributed by atoms with E-state index in [9.17, 15) is 4.79 Å². The van der Waals surface area contributed by atoms with Crippen molar-refractivity contribution in [2.24, 2.45) is 7.05 Å². The van der Waals surface area contributed by atoms with Gasteiger partial charge in [0.1, 0.15) is 23.0 Å². The summed E-state index contributed by atoms with van der Waals surface area (Å²) in [5.74, 6) is 1.62. The molecule has 154 valence electrons. The second-order valence-electron chi connectivity index (χ2n) is 6.35. The Hall–Kier alpha value is -3.47. The molecule has 2 N–H and O–H groups in total. The number of nitrogens with zero attached hydrogens (tertiary/aromatic N) is 6. The van der Waals surface area contributed by atoms with Gasteiger partial charge in [0.15, 0.2) is 11.0 Å². The molecule has 11 heteroatoms. The molecule has 4 rings (SSSR count). The third-order valence-corrected chi connectivity index (χ3v) is 5.38. The average molecular weight is 425 g/mol. The second kappa shape index (κ2) is 8.11. The molecule has 0 saturated carbocycles.